The Morgan fingerprint density at radius 2 is 1.89 bits per heavy atom. The van der Waals surface area contributed by atoms with Crippen molar-refractivity contribution in [3.8, 4) is 0 Å². The summed E-state index contributed by atoms with van der Waals surface area (Å²) in [5.41, 5.74) is 10.5. The van der Waals surface area contributed by atoms with Gasteiger partial charge in [0.25, 0.3) is 5.91 Å². The summed E-state index contributed by atoms with van der Waals surface area (Å²) in [7, 11) is 0. The summed E-state index contributed by atoms with van der Waals surface area (Å²) in [6, 6.07) is 2.87. The van der Waals surface area contributed by atoms with Crippen molar-refractivity contribution < 1.29 is 18.0 Å². The number of alkyl halides is 3. The highest BCUT2D eigenvalue weighted by atomic mass is 19.4. The van der Waals surface area contributed by atoms with E-state index in [-0.39, 0.29) is 23.5 Å². The highest BCUT2D eigenvalue weighted by Gasteiger charge is 2.37. The molecule has 27 heavy (non-hydrogen) atoms. The lowest BCUT2D eigenvalue weighted by atomic mass is 10.1. The molecular formula is C16H18F3N7O. The molecule has 5 N–H and O–H groups in total. The molecule has 0 bridgehead atoms. The molecule has 1 fully saturated rings. The van der Waals surface area contributed by atoms with Gasteiger partial charge in [0.1, 0.15) is 17.1 Å². The molecule has 0 aromatic carbocycles. The van der Waals surface area contributed by atoms with Crippen molar-refractivity contribution in [2.75, 3.05) is 23.3 Å². The molecule has 3 rings (SSSR count). The third-order valence-corrected chi connectivity index (χ3v) is 4.19. The predicted molar refractivity (Wildman–Crippen MR) is 92.5 cm³/mol. The summed E-state index contributed by atoms with van der Waals surface area (Å²) in [6.45, 7) is 0.769. The third kappa shape index (κ3) is 4.42. The number of hydrogen-bond acceptors (Lipinski definition) is 7. The van der Waals surface area contributed by atoms with Crippen LogP contribution in [0, 0.1) is 0 Å². The van der Waals surface area contributed by atoms with Crippen molar-refractivity contribution in [2.45, 2.75) is 25.1 Å². The standard InChI is InChI=1S/C16H18F3N7O/c17-16(18,19)11-8-23-15(24-10-1-2-12(13(21)27)22-7-10)25-14(11)26-5-3-9(20)4-6-26/h1-2,7-9H,3-6,20H2,(H2,21,27)(H,23,24,25). The van der Waals surface area contributed by atoms with Gasteiger partial charge in [0.15, 0.2) is 0 Å². The minimum Gasteiger partial charge on any atom is -0.364 e. The number of hydrogen-bond donors (Lipinski definition) is 3. The van der Waals surface area contributed by atoms with Gasteiger partial charge in [-0.1, -0.05) is 0 Å². The molecule has 1 saturated heterocycles. The third-order valence-electron chi connectivity index (χ3n) is 4.19. The fraction of sp³-hybridized carbons (Fsp3) is 0.375. The Morgan fingerprint density at radius 1 is 1.19 bits per heavy atom. The molecule has 0 saturated carbocycles. The summed E-state index contributed by atoms with van der Waals surface area (Å²) < 4.78 is 40.1. The lowest BCUT2D eigenvalue weighted by Crippen LogP contribution is -2.41. The van der Waals surface area contributed by atoms with Gasteiger partial charge < -0.3 is 21.7 Å². The minimum absolute atomic E-state index is 0.0125. The molecule has 1 aliphatic rings. The normalized spacial score (nSPS) is 15.6. The van der Waals surface area contributed by atoms with Crippen LogP contribution in [0.4, 0.5) is 30.6 Å². The molecule has 1 amide bonds. The van der Waals surface area contributed by atoms with Crippen molar-refractivity contribution in [1.82, 2.24) is 15.0 Å². The highest BCUT2D eigenvalue weighted by molar-refractivity contribution is 5.90. The number of piperidine rings is 1. The van der Waals surface area contributed by atoms with E-state index in [1.54, 1.807) is 4.90 Å². The Labute approximate surface area is 152 Å². The second kappa shape index (κ2) is 7.35. The van der Waals surface area contributed by atoms with E-state index in [4.69, 9.17) is 11.5 Å². The maximum absolute atomic E-state index is 13.4. The Bertz CT molecular complexity index is 818. The van der Waals surface area contributed by atoms with Gasteiger partial charge in [-0.25, -0.2) is 9.97 Å². The quantitative estimate of drug-likeness (QED) is 0.736. The Morgan fingerprint density at radius 3 is 2.44 bits per heavy atom. The van der Waals surface area contributed by atoms with Crippen LogP contribution in [0.5, 0.6) is 0 Å². The van der Waals surface area contributed by atoms with E-state index in [9.17, 15) is 18.0 Å². The second-order valence-electron chi connectivity index (χ2n) is 6.17. The summed E-state index contributed by atoms with van der Waals surface area (Å²) >= 11 is 0. The van der Waals surface area contributed by atoms with Gasteiger partial charge in [-0.15, -0.1) is 0 Å². The average Bonchev–Trinajstić information content (AvgIpc) is 2.62. The summed E-state index contributed by atoms with van der Waals surface area (Å²) in [5.74, 6) is -0.881. The molecule has 0 aliphatic carbocycles. The van der Waals surface area contributed by atoms with Crippen LogP contribution in [-0.2, 0) is 6.18 Å². The molecule has 11 heteroatoms. The number of amides is 1. The number of nitrogens with two attached hydrogens (primary N) is 2. The van der Waals surface area contributed by atoms with Crippen molar-refractivity contribution >= 4 is 23.4 Å². The highest BCUT2D eigenvalue weighted by Crippen LogP contribution is 2.36. The zero-order valence-corrected chi connectivity index (χ0v) is 14.2. The first-order valence-corrected chi connectivity index (χ1v) is 8.21. The van der Waals surface area contributed by atoms with Crippen LogP contribution in [0.15, 0.2) is 24.5 Å². The number of primary amides is 1. The first kappa shape index (κ1) is 18.8. The number of pyridine rings is 1. The number of anilines is 3. The van der Waals surface area contributed by atoms with Crippen LogP contribution in [0.3, 0.4) is 0 Å². The van der Waals surface area contributed by atoms with E-state index in [1.807, 2.05) is 0 Å². The van der Waals surface area contributed by atoms with Gasteiger partial charge in [-0.05, 0) is 25.0 Å². The van der Waals surface area contributed by atoms with Crippen LogP contribution in [0.25, 0.3) is 0 Å². The number of nitrogens with zero attached hydrogens (tertiary/aromatic N) is 4. The molecular weight excluding hydrogens is 363 g/mol. The van der Waals surface area contributed by atoms with E-state index >= 15 is 0 Å². The maximum Gasteiger partial charge on any atom is 0.421 e. The molecule has 0 unspecified atom stereocenters. The zero-order chi connectivity index (χ0) is 19.6. The van der Waals surface area contributed by atoms with Crippen LogP contribution in [0.1, 0.15) is 28.9 Å². The lowest BCUT2D eigenvalue weighted by Gasteiger charge is -2.32. The smallest absolute Gasteiger partial charge is 0.364 e. The molecule has 8 nitrogen and oxygen atoms in total. The molecule has 0 atom stereocenters. The van der Waals surface area contributed by atoms with Crippen LogP contribution in [0.2, 0.25) is 0 Å². The summed E-state index contributed by atoms with van der Waals surface area (Å²) in [6.07, 6.45) is -1.33. The average molecular weight is 381 g/mol. The zero-order valence-electron chi connectivity index (χ0n) is 14.2. The minimum atomic E-state index is -4.57. The summed E-state index contributed by atoms with van der Waals surface area (Å²) in [4.78, 5) is 24.3. The Balaban J connectivity index is 1.88. The first-order valence-electron chi connectivity index (χ1n) is 8.21. The van der Waals surface area contributed by atoms with Gasteiger partial charge >= 0.3 is 6.18 Å². The maximum atomic E-state index is 13.4. The Kier molecular flexibility index (Phi) is 5.13. The largest absolute Gasteiger partial charge is 0.421 e. The van der Waals surface area contributed by atoms with E-state index in [1.165, 1.54) is 18.3 Å². The second-order valence-corrected chi connectivity index (χ2v) is 6.17. The number of halogens is 3. The van der Waals surface area contributed by atoms with E-state index in [0.29, 0.717) is 31.6 Å². The van der Waals surface area contributed by atoms with Gasteiger partial charge in [-0.3, -0.25) is 4.79 Å². The van der Waals surface area contributed by atoms with Gasteiger partial charge in [0, 0.05) is 25.3 Å². The van der Waals surface area contributed by atoms with Crippen LogP contribution < -0.4 is 21.7 Å². The molecule has 1 aliphatic heterocycles. The first-order chi connectivity index (χ1) is 12.7. The Hall–Kier alpha value is -2.95. The number of aromatic nitrogens is 3. The number of carbonyl (C=O) groups is 1. The van der Waals surface area contributed by atoms with Gasteiger partial charge in [-0.2, -0.15) is 18.2 Å². The van der Waals surface area contributed by atoms with E-state index in [2.05, 4.69) is 20.3 Å². The predicted octanol–water partition coefficient (Wildman–Crippen LogP) is 1.66. The van der Waals surface area contributed by atoms with Gasteiger partial charge in [0.2, 0.25) is 5.95 Å². The number of carbonyl (C=O) groups excluding carboxylic acids is 1. The van der Waals surface area contributed by atoms with Crippen molar-refractivity contribution in [3.05, 3.63) is 35.8 Å². The van der Waals surface area contributed by atoms with Crippen LogP contribution in [-0.4, -0.2) is 40.0 Å². The fourth-order valence-electron chi connectivity index (χ4n) is 2.73. The topological polar surface area (TPSA) is 123 Å². The monoisotopic (exact) mass is 381 g/mol. The van der Waals surface area contributed by atoms with Crippen molar-refractivity contribution in [3.63, 3.8) is 0 Å². The SMILES string of the molecule is NC(=O)c1ccc(Nc2ncc(C(F)(F)F)c(N3CCC(N)CC3)n2)cn1. The number of rotatable bonds is 4. The van der Waals surface area contributed by atoms with E-state index in [0.717, 1.165) is 6.20 Å². The molecule has 2 aromatic rings. The van der Waals surface area contributed by atoms with Crippen molar-refractivity contribution in [1.29, 1.82) is 0 Å². The molecule has 2 aromatic heterocycles. The molecule has 144 valence electrons. The van der Waals surface area contributed by atoms with Crippen LogP contribution >= 0.6 is 0 Å². The lowest BCUT2D eigenvalue weighted by molar-refractivity contribution is -0.137. The number of nitrogens with one attached hydrogen (secondary N) is 1. The fourth-order valence-corrected chi connectivity index (χ4v) is 2.73. The molecule has 0 spiro atoms. The summed E-state index contributed by atoms with van der Waals surface area (Å²) in [5, 5.41) is 2.78. The van der Waals surface area contributed by atoms with Crippen molar-refractivity contribution in [2.24, 2.45) is 11.5 Å². The van der Waals surface area contributed by atoms with Gasteiger partial charge in [0.05, 0.1) is 11.9 Å². The molecule has 3 heterocycles. The van der Waals surface area contributed by atoms with E-state index < -0.39 is 17.6 Å². The molecule has 0 radical (unpaired) electrons.